The lowest BCUT2D eigenvalue weighted by molar-refractivity contribution is -0.123. The van der Waals surface area contributed by atoms with Crippen molar-refractivity contribution in [1.29, 1.82) is 0 Å². The summed E-state index contributed by atoms with van der Waals surface area (Å²) in [5.41, 5.74) is 1.04. The average molecular weight is 420 g/mol. The van der Waals surface area contributed by atoms with Gasteiger partial charge in [-0.05, 0) is 60.1 Å². The Morgan fingerprint density at radius 2 is 1.81 bits per heavy atom. The first-order valence-electron chi connectivity index (χ1n) is 7.78. The molecule has 0 fully saturated rings. The standard InChI is InChI=1S/C19H18BrNO5/c1-11(22)14-6-4-5-7-16(14)21-18(23)12(2)26-19(24)13-8-9-17(25-3)15(20)10-13/h4-10,12H,1-3H3,(H,21,23). The van der Waals surface area contributed by atoms with Crippen molar-refractivity contribution in [3.8, 4) is 5.75 Å². The molecule has 0 aromatic heterocycles. The molecule has 1 N–H and O–H groups in total. The van der Waals surface area contributed by atoms with E-state index in [0.717, 1.165) is 0 Å². The number of nitrogens with one attached hydrogen (secondary N) is 1. The second-order valence-electron chi connectivity index (χ2n) is 5.49. The molecular formula is C19H18BrNO5. The van der Waals surface area contributed by atoms with E-state index in [4.69, 9.17) is 9.47 Å². The van der Waals surface area contributed by atoms with Crippen LogP contribution in [0.1, 0.15) is 34.6 Å². The molecule has 0 spiro atoms. The molecule has 0 bridgehead atoms. The first-order valence-corrected chi connectivity index (χ1v) is 8.58. The first kappa shape index (κ1) is 19.7. The number of rotatable bonds is 6. The van der Waals surface area contributed by atoms with Crippen LogP contribution in [0.5, 0.6) is 5.75 Å². The lowest BCUT2D eigenvalue weighted by atomic mass is 10.1. The average Bonchev–Trinajstić information content (AvgIpc) is 2.61. The van der Waals surface area contributed by atoms with Gasteiger partial charge in [-0.2, -0.15) is 0 Å². The highest BCUT2D eigenvalue weighted by atomic mass is 79.9. The second kappa shape index (κ2) is 8.62. The highest BCUT2D eigenvalue weighted by Gasteiger charge is 2.21. The van der Waals surface area contributed by atoms with E-state index in [9.17, 15) is 14.4 Å². The molecule has 0 aliphatic carbocycles. The van der Waals surface area contributed by atoms with Gasteiger partial charge in [0.2, 0.25) is 0 Å². The molecule has 0 heterocycles. The minimum Gasteiger partial charge on any atom is -0.496 e. The SMILES string of the molecule is COc1ccc(C(=O)OC(C)C(=O)Nc2ccccc2C(C)=O)cc1Br. The number of Topliss-reactive ketones (excluding diaryl/α,β-unsaturated/α-hetero) is 1. The number of carbonyl (C=O) groups excluding carboxylic acids is 3. The van der Waals surface area contributed by atoms with E-state index in [1.54, 1.807) is 42.5 Å². The monoisotopic (exact) mass is 419 g/mol. The smallest absolute Gasteiger partial charge is 0.338 e. The zero-order valence-electron chi connectivity index (χ0n) is 14.5. The predicted octanol–water partition coefficient (Wildman–Crippen LogP) is 3.84. The number of hydrogen-bond acceptors (Lipinski definition) is 5. The van der Waals surface area contributed by atoms with Gasteiger partial charge >= 0.3 is 5.97 Å². The maximum Gasteiger partial charge on any atom is 0.338 e. The number of halogens is 1. The predicted molar refractivity (Wildman–Crippen MR) is 101 cm³/mol. The number of ketones is 1. The number of carbonyl (C=O) groups is 3. The molecule has 2 aromatic rings. The van der Waals surface area contributed by atoms with Gasteiger partial charge in [0, 0.05) is 5.56 Å². The van der Waals surface area contributed by atoms with Gasteiger partial charge in [0.25, 0.3) is 5.91 Å². The molecule has 6 nitrogen and oxygen atoms in total. The Bertz CT molecular complexity index is 850. The van der Waals surface area contributed by atoms with Crippen molar-refractivity contribution in [3.05, 3.63) is 58.1 Å². The largest absolute Gasteiger partial charge is 0.496 e. The van der Waals surface area contributed by atoms with Gasteiger partial charge in [-0.3, -0.25) is 9.59 Å². The van der Waals surface area contributed by atoms with Gasteiger partial charge in [-0.1, -0.05) is 12.1 Å². The van der Waals surface area contributed by atoms with Crippen LogP contribution in [0.15, 0.2) is 46.9 Å². The van der Waals surface area contributed by atoms with Crippen molar-refractivity contribution in [2.45, 2.75) is 20.0 Å². The number of methoxy groups -OCH3 is 1. The zero-order chi connectivity index (χ0) is 19.3. The minimum atomic E-state index is -1.04. The molecule has 1 atom stereocenters. The maximum absolute atomic E-state index is 12.3. The van der Waals surface area contributed by atoms with Crippen LogP contribution in [0.3, 0.4) is 0 Å². The van der Waals surface area contributed by atoms with Crippen molar-refractivity contribution < 1.29 is 23.9 Å². The number of benzene rings is 2. The Morgan fingerprint density at radius 3 is 2.42 bits per heavy atom. The highest BCUT2D eigenvalue weighted by Crippen LogP contribution is 2.26. The Labute approximate surface area is 159 Å². The summed E-state index contributed by atoms with van der Waals surface area (Å²) in [7, 11) is 1.52. The number of hydrogen-bond donors (Lipinski definition) is 1. The van der Waals surface area contributed by atoms with E-state index in [1.165, 1.54) is 21.0 Å². The van der Waals surface area contributed by atoms with Gasteiger partial charge in [0.15, 0.2) is 11.9 Å². The molecule has 0 saturated heterocycles. The topological polar surface area (TPSA) is 81.7 Å². The van der Waals surface area contributed by atoms with Crippen LogP contribution >= 0.6 is 15.9 Å². The van der Waals surface area contributed by atoms with E-state index in [2.05, 4.69) is 21.2 Å². The normalized spacial score (nSPS) is 11.4. The van der Waals surface area contributed by atoms with E-state index in [1.807, 2.05) is 0 Å². The van der Waals surface area contributed by atoms with E-state index in [-0.39, 0.29) is 11.3 Å². The molecule has 1 amide bonds. The quantitative estimate of drug-likeness (QED) is 0.567. The fraction of sp³-hybridized carbons (Fsp3) is 0.211. The van der Waals surface area contributed by atoms with Gasteiger partial charge in [-0.15, -0.1) is 0 Å². The van der Waals surface area contributed by atoms with Gasteiger partial charge < -0.3 is 14.8 Å². The number of esters is 1. The molecule has 2 rings (SSSR count). The van der Waals surface area contributed by atoms with Crippen LogP contribution in [0.2, 0.25) is 0 Å². The fourth-order valence-electron chi connectivity index (χ4n) is 2.21. The number of ether oxygens (including phenoxy) is 2. The Balaban J connectivity index is 2.06. The van der Waals surface area contributed by atoms with Gasteiger partial charge in [0.05, 0.1) is 22.8 Å². The molecule has 136 valence electrons. The van der Waals surface area contributed by atoms with Crippen LogP contribution in [0.25, 0.3) is 0 Å². The molecule has 1 unspecified atom stereocenters. The van der Waals surface area contributed by atoms with Crippen LogP contribution in [0.4, 0.5) is 5.69 Å². The van der Waals surface area contributed by atoms with Crippen molar-refractivity contribution in [2.24, 2.45) is 0 Å². The van der Waals surface area contributed by atoms with Crippen molar-refractivity contribution in [2.75, 3.05) is 12.4 Å². The van der Waals surface area contributed by atoms with Crippen LogP contribution in [0, 0.1) is 0 Å². The summed E-state index contributed by atoms with van der Waals surface area (Å²) >= 11 is 3.29. The third kappa shape index (κ3) is 4.70. The molecule has 26 heavy (non-hydrogen) atoms. The first-order chi connectivity index (χ1) is 12.3. The highest BCUT2D eigenvalue weighted by molar-refractivity contribution is 9.10. The molecule has 0 saturated carbocycles. The third-order valence-corrected chi connectivity index (χ3v) is 4.22. The third-order valence-electron chi connectivity index (χ3n) is 3.60. The van der Waals surface area contributed by atoms with Gasteiger partial charge in [0.1, 0.15) is 5.75 Å². The maximum atomic E-state index is 12.3. The molecule has 0 aliphatic heterocycles. The van der Waals surface area contributed by atoms with Crippen molar-refractivity contribution >= 4 is 39.3 Å². The molecule has 0 aliphatic rings. The van der Waals surface area contributed by atoms with Crippen LogP contribution in [-0.2, 0) is 9.53 Å². The fourth-order valence-corrected chi connectivity index (χ4v) is 2.75. The van der Waals surface area contributed by atoms with Crippen molar-refractivity contribution in [1.82, 2.24) is 0 Å². The van der Waals surface area contributed by atoms with E-state index >= 15 is 0 Å². The van der Waals surface area contributed by atoms with E-state index in [0.29, 0.717) is 21.5 Å². The minimum absolute atomic E-state index is 0.173. The molecule has 2 aromatic carbocycles. The van der Waals surface area contributed by atoms with Crippen LogP contribution in [-0.4, -0.2) is 30.9 Å². The van der Waals surface area contributed by atoms with Gasteiger partial charge in [-0.25, -0.2) is 4.79 Å². The second-order valence-corrected chi connectivity index (χ2v) is 6.34. The summed E-state index contributed by atoms with van der Waals surface area (Å²) in [4.78, 5) is 36.1. The number of para-hydroxylation sites is 1. The number of amides is 1. The Hall–Kier alpha value is -2.67. The summed E-state index contributed by atoms with van der Waals surface area (Å²) in [6, 6.07) is 11.4. The lowest BCUT2D eigenvalue weighted by Gasteiger charge is -2.15. The molecule has 0 radical (unpaired) electrons. The number of anilines is 1. The van der Waals surface area contributed by atoms with E-state index < -0.39 is 18.0 Å². The van der Waals surface area contributed by atoms with Crippen LogP contribution < -0.4 is 10.1 Å². The Morgan fingerprint density at radius 1 is 1.12 bits per heavy atom. The molecule has 7 heteroatoms. The zero-order valence-corrected chi connectivity index (χ0v) is 16.1. The summed E-state index contributed by atoms with van der Waals surface area (Å²) in [5.74, 6) is -0.766. The summed E-state index contributed by atoms with van der Waals surface area (Å²) in [5, 5.41) is 2.61. The van der Waals surface area contributed by atoms with Crippen molar-refractivity contribution in [3.63, 3.8) is 0 Å². The lowest BCUT2D eigenvalue weighted by Crippen LogP contribution is -2.30. The Kier molecular flexibility index (Phi) is 6.52. The molecular weight excluding hydrogens is 402 g/mol. The summed E-state index contributed by atoms with van der Waals surface area (Å²) in [6.45, 7) is 2.87. The summed E-state index contributed by atoms with van der Waals surface area (Å²) < 4.78 is 10.9. The summed E-state index contributed by atoms with van der Waals surface area (Å²) in [6.07, 6.45) is -1.04.